The van der Waals surface area contributed by atoms with Gasteiger partial charge in [-0.25, -0.2) is 4.57 Å². The van der Waals surface area contributed by atoms with Gasteiger partial charge < -0.3 is 9.26 Å². The van der Waals surface area contributed by atoms with Crippen LogP contribution in [0.1, 0.15) is 51.0 Å². The Morgan fingerprint density at radius 1 is 1.08 bits per heavy atom. The van der Waals surface area contributed by atoms with Crippen LogP contribution in [-0.2, 0) is 74.7 Å². The minimum atomic E-state index is -0.313. The van der Waals surface area contributed by atoms with Crippen LogP contribution in [0.4, 0.5) is 0 Å². The summed E-state index contributed by atoms with van der Waals surface area (Å²) in [5.74, 6) is 5.01. The molecule has 6 heteroatoms. The van der Waals surface area contributed by atoms with Gasteiger partial charge in [-0.3, -0.25) is 0 Å². The molecule has 1 aromatic rings. The van der Waals surface area contributed by atoms with Gasteiger partial charge in [-0.05, 0) is 79.9 Å². The van der Waals surface area contributed by atoms with Crippen molar-refractivity contribution in [1.29, 1.82) is 0 Å². The molecule has 0 heterocycles. The molecule has 2 radical (unpaired) electrons. The van der Waals surface area contributed by atoms with Gasteiger partial charge in [0.1, 0.15) is 11.5 Å². The molecule has 0 amide bonds. The Balaban J connectivity index is 0.00000121. The minimum absolute atomic E-state index is 0. The zero-order valence-corrected chi connectivity index (χ0v) is 22.0. The van der Waals surface area contributed by atoms with Crippen LogP contribution < -0.4 is 4.52 Å². The van der Waals surface area contributed by atoms with E-state index in [2.05, 4.69) is 13.0 Å². The Morgan fingerprint density at radius 3 is 2.31 bits per heavy atom. The molecule has 0 spiro atoms. The molecule has 4 fully saturated rings. The van der Waals surface area contributed by atoms with E-state index in [-0.39, 0.29) is 74.1 Å². The van der Waals surface area contributed by atoms with E-state index in [1.165, 1.54) is 32.1 Å². The van der Waals surface area contributed by atoms with Crippen molar-refractivity contribution in [2.75, 3.05) is 6.61 Å². The molecule has 5 rings (SSSR count). The third kappa shape index (κ3) is 4.88. The maximum Gasteiger partial charge on any atom is 0.395 e. The summed E-state index contributed by atoms with van der Waals surface area (Å²) in [6.07, 6.45) is 7.84. The van der Waals surface area contributed by atoms with Crippen molar-refractivity contribution in [3.05, 3.63) is 35.4 Å². The first-order valence-corrected chi connectivity index (χ1v) is 9.98. The largest absolute Gasteiger partial charge is 0.493 e. The van der Waals surface area contributed by atoms with Gasteiger partial charge in [0.2, 0.25) is 0 Å². The Kier molecular flexibility index (Phi) is 9.43. The molecular weight excluding hydrogens is 497 g/mol. The summed E-state index contributed by atoms with van der Waals surface area (Å²) >= 11 is 0. The molecular formula is C20H25O3PY2. The van der Waals surface area contributed by atoms with Gasteiger partial charge in [0, 0.05) is 71.0 Å². The van der Waals surface area contributed by atoms with Crippen LogP contribution in [0.3, 0.4) is 0 Å². The van der Waals surface area contributed by atoms with E-state index < -0.39 is 0 Å². The van der Waals surface area contributed by atoms with Crippen LogP contribution >= 0.6 is 8.69 Å². The Hall–Kier alpha value is 0.868. The monoisotopic (exact) mass is 522 g/mol. The molecule has 0 atom stereocenters. The molecule has 1 aromatic carbocycles. The maximum atomic E-state index is 10.8. The number of hydrogen-bond donors (Lipinski definition) is 0. The Labute approximate surface area is 208 Å². The molecule has 26 heavy (non-hydrogen) atoms. The number of benzene rings is 1. The van der Waals surface area contributed by atoms with Crippen molar-refractivity contribution in [3.63, 3.8) is 0 Å². The van der Waals surface area contributed by atoms with E-state index in [1.807, 2.05) is 18.2 Å². The van der Waals surface area contributed by atoms with Crippen LogP contribution in [0.25, 0.3) is 5.76 Å². The minimum Gasteiger partial charge on any atom is -0.493 e. The van der Waals surface area contributed by atoms with Crippen molar-refractivity contribution in [3.8, 4) is 5.75 Å². The summed E-state index contributed by atoms with van der Waals surface area (Å²) in [6.45, 7) is 2.89. The summed E-state index contributed by atoms with van der Waals surface area (Å²) in [5.41, 5.74) is 2.64. The topological polar surface area (TPSA) is 35.5 Å². The quantitative estimate of drug-likeness (QED) is 0.347. The van der Waals surface area contributed by atoms with Gasteiger partial charge in [-0.1, -0.05) is 19.1 Å². The average Bonchev–Trinajstić information content (AvgIpc) is 2.57. The second-order valence-corrected chi connectivity index (χ2v) is 7.96. The molecule has 0 N–H and O–H groups in total. The Bertz CT molecular complexity index is 632. The summed E-state index contributed by atoms with van der Waals surface area (Å²) in [4.78, 5) is 0. The van der Waals surface area contributed by atoms with Crippen molar-refractivity contribution in [2.45, 2.75) is 45.4 Å². The van der Waals surface area contributed by atoms with Crippen LogP contribution in [0.2, 0.25) is 0 Å². The first-order valence-electron chi connectivity index (χ1n) is 9.25. The van der Waals surface area contributed by atoms with Crippen LogP contribution in [0, 0.1) is 23.7 Å². The molecule has 0 saturated heterocycles. The van der Waals surface area contributed by atoms with Crippen LogP contribution in [0.15, 0.2) is 29.8 Å². The molecule has 4 aliphatic rings. The molecule has 4 saturated carbocycles. The van der Waals surface area contributed by atoms with Crippen LogP contribution in [0.5, 0.6) is 5.75 Å². The molecule has 0 aromatic heterocycles. The third-order valence-corrected chi connectivity index (χ3v) is 6.25. The van der Waals surface area contributed by atoms with Crippen LogP contribution in [-0.4, -0.2) is 6.61 Å². The number of hydrogen-bond acceptors (Lipinski definition) is 3. The summed E-state index contributed by atoms with van der Waals surface area (Å²) in [5, 5.41) is 0. The molecule has 134 valence electrons. The summed E-state index contributed by atoms with van der Waals surface area (Å²) in [6, 6.07) is 7.86. The third-order valence-electron chi connectivity index (χ3n) is 5.97. The molecule has 4 bridgehead atoms. The van der Waals surface area contributed by atoms with E-state index in [0.717, 1.165) is 36.2 Å². The Morgan fingerprint density at radius 2 is 1.73 bits per heavy atom. The van der Waals surface area contributed by atoms with Crippen molar-refractivity contribution >= 4 is 14.4 Å². The van der Waals surface area contributed by atoms with E-state index in [4.69, 9.17) is 9.26 Å². The first-order chi connectivity index (χ1) is 11.8. The fraction of sp³-hybridized carbons (Fsp3) is 0.600. The zero-order valence-electron chi connectivity index (χ0n) is 15.4. The predicted molar refractivity (Wildman–Crippen MR) is 94.9 cm³/mol. The maximum absolute atomic E-state index is 10.8. The smallest absolute Gasteiger partial charge is 0.395 e. The molecule has 0 aliphatic heterocycles. The average molecular weight is 522 g/mol. The predicted octanol–water partition coefficient (Wildman–Crippen LogP) is 5.86. The van der Waals surface area contributed by atoms with Gasteiger partial charge in [0.25, 0.3) is 0 Å². The van der Waals surface area contributed by atoms with E-state index in [9.17, 15) is 4.57 Å². The fourth-order valence-electron chi connectivity index (χ4n) is 5.34. The molecule has 4 aliphatic carbocycles. The molecule has 0 unspecified atom stereocenters. The summed E-state index contributed by atoms with van der Waals surface area (Å²) < 4.78 is 22.2. The van der Waals surface area contributed by atoms with Crippen molar-refractivity contribution < 1.29 is 79.2 Å². The number of ether oxygens (including phenoxy) is 1. The first kappa shape index (κ1) is 23.1. The van der Waals surface area contributed by atoms with E-state index >= 15 is 0 Å². The number of rotatable bonds is 6. The van der Waals surface area contributed by atoms with Crippen molar-refractivity contribution in [2.24, 2.45) is 23.7 Å². The number of allylic oxidation sites excluding steroid dienone is 1. The van der Waals surface area contributed by atoms with Gasteiger partial charge >= 0.3 is 8.69 Å². The van der Waals surface area contributed by atoms with E-state index in [1.54, 1.807) is 5.57 Å². The summed E-state index contributed by atoms with van der Waals surface area (Å²) in [7, 11) is -0.313. The second-order valence-electron chi connectivity index (χ2n) is 7.63. The SMILES string of the molecule is CCCOC(=C1C2CC3CC(C2)CC1C3)c1cccc(OP=O)c1.[Y].[Y]. The normalized spacial score (nSPS) is 28.3. The van der Waals surface area contributed by atoms with Crippen molar-refractivity contribution in [1.82, 2.24) is 0 Å². The van der Waals surface area contributed by atoms with E-state index in [0.29, 0.717) is 17.6 Å². The van der Waals surface area contributed by atoms with Gasteiger partial charge in [-0.2, -0.15) is 0 Å². The molecule has 3 nitrogen and oxygen atoms in total. The van der Waals surface area contributed by atoms with Gasteiger partial charge in [0.15, 0.2) is 0 Å². The standard InChI is InChI=1S/C20H25O3P.2Y/c1-2-6-22-20(15-4-3-5-18(12-15)23-24-21)19-16-8-13-7-14(10-16)11-17(19)9-13;;/h3-5,12-14,16-17H,2,6-11H2,1H3;;. The fourth-order valence-corrected chi connectivity index (χ4v) is 5.54. The second kappa shape index (κ2) is 10.6. The zero-order chi connectivity index (χ0) is 16.5. The van der Waals surface area contributed by atoms with Gasteiger partial charge in [0.05, 0.1) is 6.61 Å². The van der Waals surface area contributed by atoms with Gasteiger partial charge in [-0.15, -0.1) is 0 Å².